The molecule has 3 heterocycles. The summed E-state index contributed by atoms with van der Waals surface area (Å²) in [4.78, 5) is 28.3. The van der Waals surface area contributed by atoms with Crippen LogP contribution in [0.4, 0.5) is 4.79 Å². The highest BCUT2D eigenvalue weighted by Crippen LogP contribution is 2.36. The van der Waals surface area contributed by atoms with Gasteiger partial charge in [-0.2, -0.15) is 11.3 Å². The fraction of sp³-hybridized carbons (Fsp3) is 0.467. The highest BCUT2D eigenvalue weighted by Gasteiger charge is 2.42. The second kappa shape index (κ2) is 5.18. The maximum atomic E-state index is 12.7. The quantitative estimate of drug-likeness (QED) is 0.931. The van der Waals surface area contributed by atoms with E-state index in [1.54, 1.807) is 23.3 Å². The number of nitrogens with one attached hydrogen (secondary N) is 1. The standard InChI is InChI=1S/C15H19N3O2S/c1-9(2)6-18-7-11-12(14(18)19)13(10-4-5-21-8-10)16-15(20)17(11)3/h4-5,8-9,13H,6-7H2,1-3H3,(H,16,20)/t13-/m0/s1. The molecule has 0 bridgehead atoms. The first kappa shape index (κ1) is 14.1. The SMILES string of the molecule is CC(C)CN1CC2=C(C1=O)[C@H](c1ccsc1)NC(=O)N2C. The molecule has 0 spiro atoms. The minimum Gasteiger partial charge on any atom is -0.333 e. The first-order valence-corrected chi connectivity index (χ1v) is 8.02. The van der Waals surface area contributed by atoms with Gasteiger partial charge in [-0.1, -0.05) is 13.8 Å². The molecule has 1 aromatic heterocycles. The average molecular weight is 305 g/mol. The highest BCUT2D eigenvalue weighted by atomic mass is 32.1. The fourth-order valence-electron chi connectivity index (χ4n) is 2.90. The molecule has 2 aliphatic rings. The van der Waals surface area contributed by atoms with Gasteiger partial charge in [-0.25, -0.2) is 4.79 Å². The zero-order valence-corrected chi connectivity index (χ0v) is 13.2. The number of thiophene rings is 1. The van der Waals surface area contributed by atoms with Crippen molar-refractivity contribution in [1.29, 1.82) is 0 Å². The molecule has 1 aromatic rings. The van der Waals surface area contributed by atoms with Crippen LogP contribution in [-0.4, -0.2) is 41.9 Å². The first-order chi connectivity index (χ1) is 9.99. The Bertz CT molecular complexity index is 606. The van der Waals surface area contributed by atoms with Gasteiger partial charge in [0.1, 0.15) is 0 Å². The van der Waals surface area contributed by atoms with Gasteiger partial charge in [0.2, 0.25) is 0 Å². The molecule has 0 saturated heterocycles. The predicted octanol–water partition coefficient (Wildman–Crippen LogP) is 2.20. The van der Waals surface area contributed by atoms with Crippen molar-refractivity contribution in [2.75, 3.05) is 20.1 Å². The monoisotopic (exact) mass is 305 g/mol. The van der Waals surface area contributed by atoms with Crippen molar-refractivity contribution in [3.05, 3.63) is 33.7 Å². The molecule has 112 valence electrons. The van der Waals surface area contributed by atoms with Crippen molar-refractivity contribution in [2.45, 2.75) is 19.9 Å². The topological polar surface area (TPSA) is 52.7 Å². The number of hydrogen-bond donors (Lipinski definition) is 1. The molecule has 21 heavy (non-hydrogen) atoms. The van der Waals surface area contributed by atoms with Gasteiger partial charge in [0.15, 0.2) is 0 Å². The molecule has 1 N–H and O–H groups in total. The van der Waals surface area contributed by atoms with E-state index in [0.29, 0.717) is 19.0 Å². The molecular formula is C15H19N3O2S. The van der Waals surface area contributed by atoms with Crippen LogP contribution in [0.25, 0.3) is 0 Å². The van der Waals surface area contributed by atoms with Crippen molar-refractivity contribution in [3.8, 4) is 0 Å². The Labute approximate surface area is 128 Å². The number of urea groups is 1. The maximum absolute atomic E-state index is 12.7. The van der Waals surface area contributed by atoms with Crippen LogP contribution in [0, 0.1) is 5.92 Å². The van der Waals surface area contributed by atoms with Crippen LogP contribution in [0.5, 0.6) is 0 Å². The normalized spacial score (nSPS) is 22.2. The zero-order valence-electron chi connectivity index (χ0n) is 12.4. The molecular weight excluding hydrogens is 286 g/mol. The number of carbonyl (C=O) groups excluding carboxylic acids is 2. The van der Waals surface area contributed by atoms with Crippen molar-refractivity contribution < 1.29 is 9.59 Å². The smallest absolute Gasteiger partial charge is 0.322 e. The van der Waals surface area contributed by atoms with E-state index in [4.69, 9.17) is 0 Å². The molecule has 2 aliphatic heterocycles. The van der Waals surface area contributed by atoms with Gasteiger partial charge < -0.3 is 10.2 Å². The zero-order chi connectivity index (χ0) is 15.1. The third-order valence-corrected chi connectivity index (χ3v) is 4.60. The van der Waals surface area contributed by atoms with E-state index < -0.39 is 0 Å². The summed E-state index contributed by atoms with van der Waals surface area (Å²) in [6.07, 6.45) is 0. The third-order valence-electron chi connectivity index (χ3n) is 3.90. The van der Waals surface area contributed by atoms with Gasteiger partial charge in [-0.15, -0.1) is 0 Å². The van der Waals surface area contributed by atoms with Gasteiger partial charge in [0.05, 0.1) is 23.9 Å². The lowest BCUT2D eigenvalue weighted by atomic mass is 9.98. The number of likely N-dealkylation sites (N-methyl/N-ethyl adjacent to an activating group) is 1. The van der Waals surface area contributed by atoms with E-state index in [2.05, 4.69) is 19.2 Å². The van der Waals surface area contributed by atoms with Gasteiger partial charge in [-0.3, -0.25) is 9.69 Å². The highest BCUT2D eigenvalue weighted by molar-refractivity contribution is 7.08. The molecule has 1 atom stereocenters. The van der Waals surface area contributed by atoms with Gasteiger partial charge in [0, 0.05) is 13.6 Å². The molecule has 3 amide bonds. The summed E-state index contributed by atoms with van der Waals surface area (Å²) in [5.74, 6) is 0.450. The van der Waals surface area contributed by atoms with E-state index in [1.165, 1.54) is 0 Å². The number of carbonyl (C=O) groups is 2. The lowest BCUT2D eigenvalue weighted by molar-refractivity contribution is -0.126. The number of nitrogens with zero attached hydrogens (tertiary/aromatic N) is 2. The van der Waals surface area contributed by atoms with Gasteiger partial charge in [-0.05, 0) is 28.3 Å². The van der Waals surface area contributed by atoms with Crippen molar-refractivity contribution in [3.63, 3.8) is 0 Å². The van der Waals surface area contributed by atoms with E-state index in [9.17, 15) is 9.59 Å². The minimum absolute atomic E-state index is 0.0433. The van der Waals surface area contributed by atoms with Crippen LogP contribution in [0.15, 0.2) is 28.1 Å². The van der Waals surface area contributed by atoms with Crippen LogP contribution in [0.3, 0.4) is 0 Å². The maximum Gasteiger partial charge on any atom is 0.322 e. The second-order valence-electron chi connectivity index (χ2n) is 5.94. The Balaban J connectivity index is 1.98. The lowest BCUT2D eigenvalue weighted by Gasteiger charge is -2.30. The molecule has 6 heteroatoms. The fourth-order valence-corrected chi connectivity index (χ4v) is 3.59. The summed E-state index contributed by atoms with van der Waals surface area (Å²) in [6.45, 7) is 5.42. The Hall–Kier alpha value is -1.82. The summed E-state index contributed by atoms with van der Waals surface area (Å²) in [7, 11) is 1.72. The molecule has 0 aliphatic carbocycles. The molecule has 0 radical (unpaired) electrons. The summed E-state index contributed by atoms with van der Waals surface area (Å²) in [6, 6.07) is 1.49. The van der Waals surface area contributed by atoms with Crippen LogP contribution in [0.2, 0.25) is 0 Å². The van der Waals surface area contributed by atoms with Crippen molar-refractivity contribution in [1.82, 2.24) is 15.1 Å². The molecule has 0 fully saturated rings. The third kappa shape index (κ3) is 2.33. The van der Waals surface area contributed by atoms with E-state index in [1.807, 2.05) is 21.7 Å². The predicted molar refractivity (Wildman–Crippen MR) is 81.8 cm³/mol. The summed E-state index contributed by atoms with van der Waals surface area (Å²) in [5, 5.41) is 6.88. The van der Waals surface area contributed by atoms with E-state index in [0.717, 1.165) is 16.8 Å². The number of rotatable bonds is 3. The Morgan fingerprint density at radius 3 is 2.81 bits per heavy atom. The lowest BCUT2D eigenvalue weighted by Crippen LogP contribution is -2.45. The van der Waals surface area contributed by atoms with Crippen LogP contribution in [0.1, 0.15) is 25.5 Å². The molecule has 3 rings (SSSR count). The molecule has 5 nitrogen and oxygen atoms in total. The van der Waals surface area contributed by atoms with Gasteiger partial charge >= 0.3 is 6.03 Å². The minimum atomic E-state index is -0.320. The van der Waals surface area contributed by atoms with Gasteiger partial charge in [0.25, 0.3) is 5.91 Å². The second-order valence-corrected chi connectivity index (χ2v) is 6.72. The van der Waals surface area contributed by atoms with Crippen molar-refractivity contribution in [2.24, 2.45) is 5.92 Å². The van der Waals surface area contributed by atoms with E-state index in [-0.39, 0.29) is 18.0 Å². The number of amides is 3. The molecule has 0 unspecified atom stereocenters. The van der Waals surface area contributed by atoms with Crippen LogP contribution < -0.4 is 5.32 Å². The van der Waals surface area contributed by atoms with Crippen LogP contribution >= 0.6 is 11.3 Å². The van der Waals surface area contributed by atoms with Crippen molar-refractivity contribution >= 4 is 23.3 Å². The summed E-state index contributed by atoms with van der Waals surface area (Å²) >= 11 is 1.57. The Morgan fingerprint density at radius 1 is 1.43 bits per heavy atom. The molecule has 0 saturated carbocycles. The average Bonchev–Trinajstić information content (AvgIpc) is 3.04. The first-order valence-electron chi connectivity index (χ1n) is 7.07. The Kier molecular flexibility index (Phi) is 3.49. The van der Waals surface area contributed by atoms with Crippen LogP contribution in [-0.2, 0) is 4.79 Å². The number of hydrogen-bond acceptors (Lipinski definition) is 3. The summed E-state index contributed by atoms with van der Waals surface area (Å²) < 4.78 is 0. The Morgan fingerprint density at radius 2 is 2.19 bits per heavy atom. The largest absolute Gasteiger partial charge is 0.333 e. The summed E-state index contributed by atoms with van der Waals surface area (Å²) in [5.41, 5.74) is 2.53. The molecule has 0 aromatic carbocycles. The van der Waals surface area contributed by atoms with E-state index >= 15 is 0 Å².